The van der Waals surface area contributed by atoms with Gasteiger partial charge in [0.25, 0.3) is 0 Å². The van der Waals surface area contributed by atoms with Crippen LogP contribution >= 0.6 is 32.1 Å². The number of pyridine rings is 1. The highest BCUT2D eigenvalue weighted by atomic mass is 79.9. The van der Waals surface area contributed by atoms with Gasteiger partial charge in [0.2, 0.25) is 12.5 Å². The Morgan fingerprint density at radius 1 is 1.45 bits per heavy atom. The van der Waals surface area contributed by atoms with E-state index in [2.05, 4.69) is 41.0 Å². The number of nitro groups is 1. The molecule has 0 spiro atoms. The molecule has 1 aliphatic carbocycles. The fourth-order valence-electron chi connectivity index (χ4n) is 4.19. The van der Waals surface area contributed by atoms with E-state index in [1.165, 1.54) is 6.20 Å². The minimum absolute atomic E-state index is 0.134. The highest BCUT2D eigenvalue weighted by Crippen LogP contribution is 2.50. The maximum absolute atomic E-state index is 14.3. The molecular weight excluding hydrogens is 421 g/mol. The van der Waals surface area contributed by atoms with Crippen molar-refractivity contribution in [1.29, 1.82) is 0 Å². The first kappa shape index (κ1) is 16.3. The number of aromatic nitrogens is 1. The molecule has 0 aromatic carbocycles. The second kappa shape index (κ2) is 6.49. The summed E-state index contributed by atoms with van der Waals surface area (Å²) in [5.74, 6) is -0.183. The molecule has 1 aromatic heterocycles. The van der Waals surface area contributed by atoms with Gasteiger partial charge in [-0.3, -0.25) is 10.1 Å². The monoisotopic (exact) mass is 435 g/mol. The van der Waals surface area contributed by atoms with E-state index in [-0.39, 0.29) is 17.4 Å². The molecule has 3 rings (SSSR count). The van der Waals surface area contributed by atoms with E-state index in [0.717, 1.165) is 25.9 Å². The first-order valence-corrected chi connectivity index (χ1v) is 8.80. The predicted molar refractivity (Wildman–Crippen MR) is 86.7 cm³/mol. The lowest BCUT2D eigenvalue weighted by atomic mass is 9.74. The second-order valence-electron chi connectivity index (χ2n) is 6.12. The third-order valence-corrected chi connectivity index (χ3v) is 6.20. The summed E-state index contributed by atoms with van der Waals surface area (Å²) >= 11 is 6.88. The van der Waals surface area contributed by atoms with Crippen molar-refractivity contribution in [3.8, 4) is 0 Å². The van der Waals surface area contributed by atoms with Gasteiger partial charge in [0.05, 0.1) is 5.92 Å². The Morgan fingerprint density at radius 2 is 2.09 bits per heavy atom. The topological polar surface area (TPSA) is 59.3 Å². The van der Waals surface area contributed by atoms with Crippen molar-refractivity contribution in [1.82, 2.24) is 8.91 Å². The molecule has 22 heavy (non-hydrogen) atoms. The van der Waals surface area contributed by atoms with Crippen LogP contribution in [0, 0.1) is 33.8 Å². The maximum Gasteiger partial charge on any atom is 0.217 e. The zero-order chi connectivity index (χ0) is 15.9. The molecule has 2 bridgehead atoms. The lowest BCUT2D eigenvalue weighted by Crippen LogP contribution is -2.41. The Labute approximate surface area is 144 Å². The molecule has 0 radical (unpaired) electrons. The van der Waals surface area contributed by atoms with Crippen molar-refractivity contribution >= 4 is 32.1 Å². The zero-order valence-corrected chi connectivity index (χ0v) is 15.0. The van der Waals surface area contributed by atoms with E-state index in [4.69, 9.17) is 0 Å². The average molecular weight is 437 g/mol. The van der Waals surface area contributed by atoms with E-state index in [0.29, 0.717) is 21.9 Å². The Balaban J connectivity index is 1.99. The minimum Gasteiger partial charge on any atom is -0.265 e. The Morgan fingerprint density at radius 3 is 2.64 bits per heavy atom. The first-order chi connectivity index (χ1) is 10.5. The Hall–Kier alpha value is -0.600. The minimum atomic E-state index is -0.595. The van der Waals surface area contributed by atoms with Crippen molar-refractivity contribution in [2.45, 2.75) is 18.8 Å². The molecule has 1 unspecified atom stereocenters. The third kappa shape index (κ3) is 3.05. The summed E-state index contributed by atoms with van der Waals surface area (Å²) in [5.41, 5.74) is 0.365. The molecule has 0 amide bonds. The number of piperidine rings is 1. The smallest absolute Gasteiger partial charge is 0.217 e. The van der Waals surface area contributed by atoms with Crippen molar-refractivity contribution in [2.24, 2.45) is 17.8 Å². The van der Waals surface area contributed by atoms with Crippen molar-refractivity contribution < 1.29 is 9.31 Å². The standard InChI is InChI=1S/C14H16Br2FN3O2/c15-11-3-4-18-14(17)13(11)10(7-20(21)22)12-8-1-2-9(12)6-19(16)5-8/h3-4,8-10,12H,1-2,5-7H2/t8-,9+,10?,12-. The van der Waals surface area contributed by atoms with Crippen LogP contribution in [0.1, 0.15) is 24.3 Å². The summed E-state index contributed by atoms with van der Waals surface area (Å²) in [7, 11) is 0. The van der Waals surface area contributed by atoms with Crippen molar-refractivity contribution in [2.75, 3.05) is 19.6 Å². The van der Waals surface area contributed by atoms with Crippen LogP contribution in [0.15, 0.2) is 16.7 Å². The Kier molecular flexibility index (Phi) is 4.80. The van der Waals surface area contributed by atoms with Crippen LogP contribution in [0.25, 0.3) is 0 Å². The normalized spacial score (nSPS) is 29.5. The maximum atomic E-state index is 14.3. The van der Waals surface area contributed by atoms with Gasteiger partial charge in [0, 0.05) is 50.4 Å². The second-order valence-corrected chi connectivity index (χ2v) is 7.98. The fourth-order valence-corrected chi connectivity index (χ4v) is 5.51. The van der Waals surface area contributed by atoms with E-state index in [1.54, 1.807) is 6.07 Å². The molecule has 1 aromatic rings. The average Bonchev–Trinajstić information content (AvgIpc) is 2.69. The highest BCUT2D eigenvalue weighted by Gasteiger charge is 2.48. The molecular formula is C14H16Br2FN3O2. The van der Waals surface area contributed by atoms with E-state index in [1.807, 2.05) is 0 Å². The number of rotatable bonds is 4. The van der Waals surface area contributed by atoms with Crippen LogP contribution in [0.2, 0.25) is 0 Å². The summed E-state index contributed by atoms with van der Waals surface area (Å²) in [6.45, 7) is 1.46. The van der Waals surface area contributed by atoms with Gasteiger partial charge >= 0.3 is 0 Å². The van der Waals surface area contributed by atoms with Gasteiger partial charge in [0.15, 0.2) is 0 Å². The quantitative estimate of drug-likeness (QED) is 0.313. The van der Waals surface area contributed by atoms with Gasteiger partial charge in [-0.2, -0.15) is 4.39 Å². The van der Waals surface area contributed by atoms with Crippen LogP contribution < -0.4 is 0 Å². The van der Waals surface area contributed by atoms with Gasteiger partial charge < -0.3 is 0 Å². The molecule has 8 heteroatoms. The molecule has 120 valence electrons. The van der Waals surface area contributed by atoms with Crippen LogP contribution in [0.5, 0.6) is 0 Å². The van der Waals surface area contributed by atoms with E-state index >= 15 is 0 Å². The summed E-state index contributed by atoms with van der Waals surface area (Å²) in [6, 6.07) is 1.66. The van der Waals surface area contributed by atoms with Crippen LogP contribution in [-0.2, 0) is 0 Å². The summed E-state index contributed by atoms with van der Waals surface area (Å²) in [4.78, 5) is 14.6. The number of hydrogen-bond donors (Lipinski definition) is 0. The summed E-state index contributed by atoms with van der Waals surface area (Å²) in [6.07, 6.45) is 3.47. The summed E-state index contributed by atoms with van der Waals surface area (Å²) < 4.78 is 17.0. The molecule has 4 atom stereocenters. The number of halogens is 3. The van der Waals surface area contributed by atoms with Gasteiger partial charge in [0.1, 0.15) is 0 Å². The van der Waals surface area contributed by atoms with Crippen LogP contribution in [0.3, 0.4) is 0 Å². The molecule has 1 saturated carbocycles. The predicted octanol–water partition coefficient (Wildman–Crippen LogP) is 3.61. The lowest BCUT2D eigenvalue weighted by molar-refractivity contribution is -0.485. The van der Waals surface area contributed by atoms with Gasteiger partial charge in [-0.1, -0.05) is 15.9 Å². The van der Waals surface area contributed by atoms with Gasteiger partial charge in [-0.25, -0.2) is 8.91 Å². The van der Waals surface area contributed by atoms with Crippen LogP contribution in [-0.4, -0.2) is 33.5 Å². The Bertz CT molecular complexity index is 555. The van der Waals surface area contributed by atoms with Crippen molar-refractivity contribution in [3.63, 3.8) is 0 Å². The molecule has 1 saturated heterocycles. The SMILES string of the molecule is O=[N+]([O-])CC(c1c(Br)ccnc1F)[C@@H]1[C@@H]2CC[C@H]1CN(Br)C2. The molecule has 5 nitrogen and oxygen atoms in total. The molecule has 1 aliphatic heterocycles. The van der Waals surface area contributed by atoms with E-state index in [9.17, 15) is 14.5 Å². The summed E-state index contributed by atoms with van der Waals surface area (Å²) in [5, 5.41) is 11.2. The van der Waals surface area contributed by atoms with E-state index < -0.39 is 11.9 Å². The number of fused-ring (bicyclic) bond motifs is 2. The van der Waals surface area contributed by atoms with Crippen molar-refractivity contribution in [3.05, 3.63) is 38.4 Å². The number of hydrogen-bond acceptors (Lipinski definition) is 4. The zero-order valence-electron chi connectivity index (χ0n) is 11.8. The largest absolute Gasteiger partial charge is 0.265 e. The first-order valence-electron chi connectivity index (χ1n) is 7.29. The number of nitrogens with zero attached hydrogens (tertiary/aromatic N) is 3. The fraction of sp³-hybridized carbons (Fsp3) is 0.643. The highest BCUT2D eigenvalue weighted by molar-refractivity contribution is 9.10. The van der Waals surface area contributed by atoms with Gasteiger partial charge in [-0.15, -0.1) is 0 Å². The molecule has 2 aliphatic rings. The lowest BCUT2D eigenvalue weighted by Gasteiger charge is -2.38. The molecule has 2 fully saturated rings. The van der Waals surface area contributed by atoms with Crippen LogP contribution in [0.4, 0.5) is 4.39 Å². The molecule has 0 N–H and O–H groups in total. The molecule has 2 heterocycles. The van der Waals surface area contributed by atoms with Gasteiger partial charge in [-0.05, 0) is 36.7 Å². The third-order valence-electron chi connectivity index (χ3n) is 4.93.